The van der Waals surface area contributed by atoms with Crippen molar-refractivity contribution in [2.75, 3.05) is 0 Å². The zero-order valence-corrected chi connectivity index (χ0v) is 81.4. The smallest absolute Gasteiger partial charge is 0.140 e. The Kier molecular flexibility index (Phi) is 22.1. The maximum atomic E-state index is 5.07. The van der Waals surface area contributed by atoms with E-state index in [2.05, 4.69) is 471 Å². The number of fused-ring (bicyclic) bond motifs is 23. The highest BCUT2D eigenvalue weighted by Gasteiger charge is 2.25. The van der Waals surface area contributed by atoms with Crippen LogP contribution in [0, 0.1) is 0 Å². The number of rotatable bonds is 11. The molecule has 0 saturated heterocycles. The van der Waals surface area contributed by atoms with E-state index >= 15 is 0 Å². The van der Waals surface area contributed by atoms with Crippen LogP contribution in [-0.4, -0.2) is 74.3 Å². The predicted molar refractivity (Wildman–Crippen MR) is 610 cm³/mol. The number of para-hydroxylation sites is 3. The third kappa shape index (κ3) is 15.9. The molecule has 145 heavy (non-hydrogen) atoms. The Morgan fingerprint density at radius 2 is 0.455 bits per heavy atom. The van der Waals surface area contributed by atoms with E-state index in [-0.39, 0.29) is 0 Å². The van der Waals surface area contributed by atoms with Gasteiger partial charge in [-0.25, -0.2) is 24.9 Å². The molecule has 0 amide bonds. The molecular formula is C128H87Br2N15. The van der Waals surface area contributed by atoms with Crippen LogP contribution in [0.3, 0.4) is 0 Å². The highest BCUT2D eigenvalue weighted by molar-refractivity contribution is 9.10. The lowest BCUT2D eigenvalue weighted by atomic mass is 10.0. The summed E-state index contributed by atoms with van der Waals surface area (Å²) >= 11 is 7.18. The minimum Gasteiger partial charge on any atom is -0.360 e. The van der Waals surface area contributed by atoms with Crippen LogP contribution >= 0.6 is 31.9 Å². The molecule has 9 N–H and O–H groups in total. The molecule has 0 aliphatic rings. The molecule has 0 spiro atoms. The van der Waals surface area contributed by atoms with Gasteiger partial charge in [0.1, 0.15) is 29.1 Å². The molecule has 0 unspecified atom stereocenters. The summed E-state index contributed by atoms with van der Waals surface area (Å²) in [6.45, 7) is 0. The number of aromatic amines is 9. The second kappa shape index (κ2) is 36.9. The molecule has 17 heteroatoms. The van der Waals surface area contributed by atoms with Crippen molar-refractivity contribution in [1.82, 2.24) is 74.3 Å². The first-order valence-electron chi connectivity index (χ1n) is 48.3. The van der Waals surface area contributed by atoms with Gasteiger partial charge < -0.3 is 49.4 Å². The van der Waals surface area contributed by atoms with Gasteiger partial charge in [-0.3, -0.25) is 0 Å². The van der Waals surface area contributed by atoms with E-state index in [4.69, 9.17) is 24.9 Å². The Bertz CT molecular complexity index is 9920. The van der Waals surface area contributed by atoms with Crippen LogP contribution in [0.25, 0.3) is 276 Å². The lowest BCUT2D eigenvalue weighted by molar-refractivity contribution is 0.969. The lowest BCUT2D eigenvalue weighted by Crippen LogP contribution is -1.84. The van der Waals surface area contributed by atoms with E-state index in [0.717, 1.165) is 182 Å². The maximum Gasteiger partial charge on any atom is 0.140 e. The van der Waals surface area contributed by atoms with Crippen LogP contribution in [-0.2, 0) is 7.05 Å². The largest absolute Gasteiger partial charge is 0.360 e. The second-order valence-electron chi connectivity index (χ2n) is 36.4. The minimum absolute atomic E-state index is 0.848. The van der Waals surface area contributed by atoms with E-state index in [1.807, 2.05) is 73.3 Å². The third-order valence-electron chi connectivity index (χ3n) is 27.8. The van der Waals surface area contributed by atoms with Crippen molar-refractivity contribution < 1.29 is 0 Å². The Balaban J connectivity index is 0.0000000925. The fourth-order valence-corrected chi connectivity index (χ4v) is 21.6. The van der Waals surface area contributed by atoms with Gasteiger partial charge in [-0.2, -0.15) is 0 Å². The molecule has 0 bridgehead atoms. The second-order valence-corrected chi connectivity index (χ2v) is 38.2. The number of nitrogens with zero attached hydrogens (tertiary/aromatic N) is 6. The molecule has 0 radical (unpaired) electrons. The lowest BCUT2D eigenvalue weighted by Gasteiger charge is -2.06. The predicted octanol–water partition coefficient (Wildman–Crippen LogP) is 34.7. The van der Waals surface area contributed by atoms with Crippen molar-refractivity contribution in [2.45, 2.75) is 0 Å². The zero-order chi connectivity index (χ0) is 96.5. The van der Waals surface area contributed by atoms with Gasteiger partial charge >= 0.3 is 0 Å². The topological polar surface area (TPSA) is 211 Å². The van der Waals surface area contributed by atoms with E-state index in [1.54, 1.807) is 0 Å². The number of imidazole rings is 5. The number of hydrogen-bond donors (Lipinski definition) is 9. The van der Waals surface area contributed by atoms with E-state index in [0.29, 0.717) is 0 Å². The van der Waals surface area contributed by atoms with Gasteiger partial charge in [-0.05, 0) is 109 Å². The summed E-state index contributed by atoms with van der Waals surface area (Å²) in [5.41, 5.74) is 30.6. The molecule has 0 fully saturated rings. The molecule has 20 aromatic carbocycles. The van der Waals surface area contributed by atoms with Crippen LogP contribution in [0.15, 0.2) is 465 Å². The van der Waals surface area contributed by atoms with Crippen LogP contribution in [0.2, 0.25) is 0 Å². The number of benzene rings is 20. The summed E-state index contributed by atoms with van der Waals surface area (Å²) < 4.78 is 4.26. The summed E-state index contributed by atoms with van der Waals surface area (Å²) in [6, 6.07) is 148. The van der Waals surface area contributed by atoms with Crippen molar-refractivity contribution in [1.29, 1.82) is 0 Å². The first kappa shape index (κ1) is 86.8. The molecule has 30 aromatic rings. The van der Waals surface area contributed by atoms with Crippen molar-refractivity contribution in [2.24, 2.45) is 7.05 Å². The number of halogens is 2. The molecule has 10 aromatic heterocycles. The summed E-state index contributed by atoms with van der Waals surface area (Å²) in [7, 11) is 2.08. The van der Waals surface area contributed by atoms with Crippen LogP contribution < -0.4 is 0 Å². The number of nitrogens with one attached hydrogen (secondary N) is 9. The average Bonchev–Trinajstić information content (AvgIpc) is 1.62. The standard InChI is InChI=1S/C29H20BrN3.C29H21N3.C24H17N3.C23H14BrN3.C23H15N3/c30-23-15-16-26-24(17-23)25(18-31-26)29-32-27(21-9-5-2-6-10-21)28(33-29)22-13-11-20(12-14-22)19-7-3-1-4-8-19;1-3-9-20(10-4-1)21-15-17-23(18-16-21)28-27(22-11-5-2-6-12-22)31-29(32-28)25-19-30-26-14-8-7-13-24(25)26;1-27-14-20(17-10-6-7-13-21(17)27)24-25-22-18-11-4-2-8-15(18)16-9-3-5-12-19(16)23(22)26-24;24-13-9-10-20-18(11-13)19(12-25-20)23-26-21-16-7-3-1-5-14(16)15-6-2-4-8-17(15)22(21)27-23;1-3-10-17-14(7-1)15-8-2-4-11-18(15)22-21(17)25-23(26-22)19-13-24-20-12-6-5-9-16(19)20/h1-18,31H,(H,32,33);1-19,30H,(H,31,32);2-14H,1H3,(H,25,26);1-12,25H,(H,26,27);1-13,24H,(H,25,26). The molecule has 688 valence electrons. The molecule has 0 atom stereocenters. The van der Waals surface area contributed by atoms with Crippen molar-refractivity contribution in [3.63, 3.8) is 0 Å². The van der Waals surface area contributed by atoms with E-state index < -0.39 is 0 Å². The van der Waals surface area contributed by atoms with E-state index in [1.165, 1.54) is 103 Å². The maximum absolute atomic E-state index is 5.07. The highest BCUT2D eigenvalue weighted by atomic mass is 79.9. The Morgan fingerprint density at radius 1 is 0.200 bits per heavy atom. The van der Waals surface area contributed by atoms with Gasteiger partial charge in [-0.1, -0.05) is 402 Å². The summed E-state index contributed by atoms with van der Waals surface area (Å²) in [6.07, 6.45) is 10.3. The monoisotopic (exact) mass is 1990 g/mol. The van der Waals surface area contributed by atoms with Gasteiger partial charge in [-0.15, -0.1) is 0 Å². The van der Waals surface area contributed by atoms with Crippen molar-refractivity contribution in [3.05, 3.63) is 465 Å². The molecule has 10 heterocycles. The van der Waals surface area contributed by atoms with Gasteiger partial charge in [0.15, 0.2) is 0 Å². The first-order valence-corrected chi connectivity index (χ1v) is 49.9. The van der Waals surface area contributed by atoms with Crippen molar-refractivity contribution >= 4 is 184 Å². The fraction of sp³-hybridized carbons (Fsp3) is 0.00781. The molecule has 0 saturated carbocycles. The van der Waals surface area contributed by atoms with Crippen LogP contribution in [0.4, 0.5) is 0 Å². The highest BCUT2D eigenvalue weighted by Crippen LogP contribution is 2.45. The van der Waals surface area contributed by atoms with Gasteiger partial charge in [0.25, 0.3) is 0 Å². The quantitative estimate of drug-likeness (QED) is 0.0577. The van der Waals surface area contributed by atoms with Gasteiger partial charge in [0.2, 0.25) is 0 Å². The van der Waals surface area contributed by atoms with Gasteiger partial charge in [0, 0.05) is 184 Å². The van der Waals surface area contributed by atoms with Crippen LogP contribution in [0.5, 0.6) is 0 Å². The Labute approximate surface area is 847 Å². The third-order valence-corrected chi connectivity index (χ3v) is 28.8. The first-order chi connectivity index (χ1) is 71.6. The van der Waals surface area contributed by atoms with Crippen LogP contribution in [0.1, 0.15) is 0 Å². The Morgan fingerprint density at radius 3 is 0.814 bits per heavy atom. The zero-order valence-electron chi connectivity index (χ0n) is 78.2. The minimum atomic E-state index is 0.848. The number of aryl methyl sites for hydroxylation is 1. The molecule has 30 rings (SSSR count). The molecular weight excluding hydrogens is 1910 g/mol. The number of hydrogen-bond acceptors (Lipinski definition) is 5. The molecule has 0 aliphatic carbocycles. The SMILES string of the molecule is Brc1ccc2[nH]cc(-c3nc(-c4ccccc4)c(-c4ccc(-c5ccccc5)cc4)[nH]3)c2c1.Brc1ccc2[nH]cc(-c3nc4c5ccccc5c5ccccc5c4[nH]3)c2c1.Cn1cc(-c2nc3c4ccccc4c4ccccc4c3[nH]2)c2ccccc21.c1ccc(-c2ccc(-c3[nH]c(-c4c[nH]c5ccccc45)nc3-c3ccccc3)cc2)cc1.c1ccc2c(-c3nc4c5ccccc5c5ccccc5c4[nH]3)c[nH]c2c1. The summed E-state index contributed by atoms with van der Waals surface area (Å²) in [5, 5.41) is 20.5. The average molecular weight is 2000 g/mol. The van der Waals surface area contributed by atoms with Crippen molar-refractivity contribution in [3.8, 4) is 124 Å². The molecule has 15 nitrogen and oxygen atoms in total. The number of H-pyrrole nitrogens is 9. The molecule has 0 aliphatic heterocycles. The number of aromatic nitrogens is 15. The van der Waals surface area contributed by atoms with Gasteiger partial charge in [0.05, 0.1) is 55.9 Å². The summed E-state index contributed by atoms with van der Waals surface area (Å²) in [5.74, 6) is 4.42. The summed E-state index contributed by atoms with van der Waals surface area (Å²) in [4.78, 5) is 56.7. The Hall–Kier alpha value is -18.6. The van der Waals surface area contributed by atoms with E-state index in [9.17, 15) is 0 Å². The fourth-order valence-electron chi connectivity index (χ4n) is 20.8. The normalized spacial score (nSPS) is 11.6.